The highest BCUT2D eigenvalue weighted by Gasteiger charge is 2.13. The highest BCUT2D eigenvalue weighted by Crippen LogP contribution is 2.17. The Morgan fingerprint density at radius 2 is 2.18 bits per heavy atom. The first-order chi connectivity index (χ1) is 8.28. The van der Waals surface area contributed by atoms with E-state index in [-0.39, 0.29) is 0 Å². The maximum absolute atomic E-state index is 5.94. The standard InChI is InChI=1S/C12H18ClN3O/c1-2-11-15-10(13)7-12(16-11)14-8-9-3-5-17-6-4-9/h7,9H,2-6,8H2,1H3,(H,14,15,16). The largest absolute Gasteiger partial charge is 0.381 e. The van der Waals surface area contributed by atoms with Gasteiger partial charge >= 0.3 is 0 Å². The van der Waals surface area contributed by atoms with Crippen molar-refractivity contribution in [2.45, 2.75) is 26.2 Å². The van der Waals surface area contributed by atoms with Crippen LogP contribution in [0.25, 0.3) is 0 Å². The summed E-state index contributed by atoms with van der Waals surface area (Å²) >= 11 is 5.94. The number of rotatable bonds is 4. The molecule has 0 radical (unpaired) electrons. The normalized spacial score (nSPS) is 17.1. The van der Waals surface area contributed by atoms with E-state index in [1.807, 2.05) is 6.92 Å². The molecule has 0 unspecified atom stereocenters. The Balaban J connectivity index is 1.91. The Morgan fingerprint density at radius 1 is 1.41 bits per heavy atom. The van der Waals surface area contributed by atoms with E-state index in [4.69, 9.17) is 16.3 Å². The molecule has 2 rings (SSSR count). The zero-order valence-corrected chi connectivity index (χ0v) is 10.8. The molecule has 0 aromatic carbocycles. The lowest BCUT2D eigenvalue weighted by Crippen LogP contribution is -2.23. The van der Waals surface area contributed by atoms with Crippen LogP contribution in [0, 0.1) is 5.92 Å². The second-order valence-electron chi connectivity index (χ2n) is 4.28. The zero-order valence-electron chi connectivity index (χ0n) is 10.1. The quantitative estimate of drug-likeness (QED) is 0.840. The number of nitrogens with one attached hydrogen (secondary N) is 1. The van der Waals surface area contributed by atoms with E-state index in [1.165, 1.54) is 0 Å². The lowest BCUT2D eigenvalue weighted by Gasteiger charge is -2.22. The number of halogens is 1. The minimum Gasteiger partial charge on any atom is -0.381 e. The molecule has 5 heteroatoms. The van der Waals surface area contributed by atoms with Gasteiger partial charge in [-0.05, 0) is 18.8 Å². The Bertz CT molecular complexity index is 367. The number of hydrogen-bond acceptors (Lipinski definition) is 4. The zero-order chi connectivity index (χ0) is 12.1. The van der Waals surface area contributed by atoms with E-state index in [0.29, 0.717) is 11.1 Å². The van der Waals surface area contributed by atoms with Crippen molar-refractivity contribution in [1.29, 1.82) is 0 Å². The molecule has 0 amide bonds. The summed E-state index contributed by atoms with van der Waals surface area (Å²) in [5, 5.41) is 3.84. The molecule has 0 bridgehead atoms. The summed E-state index contributed by atoms with van der Waals surface area (Å²) in [6.45, 7) is 4.70. The molecule has 1 fully saturated rings. The number of hydrogen-bond donors (Lipinski definition) is 1. The van der Waals surface area contributed by atoms with Gasteiger partial charge < -0.3 is 10.1 Å². The number of aromatic nitrogens is 2. The molecule has 0 atom stereocenters. The van der Waals surface area contributed by atoms with E-state index < -0.39 is 0 Å². The Hall–Kier alpha value is -0.870. The van der Waals surface area contributed by atoms with Crippen molar-refractivity contribution in [3.05, 3.63) is 17.0 Å². The van der Waals surface area contributed by atoms with Crippen molar-refractivity contribution in [1.82, 2.24) is 9.97 Å². The van der Waals surface area contributed by atoms with E-state index in [9.17, 15) is 0 Å². The Morgan fingerprint density at radius 3 is 2.88 bits per heavy atom. The van der Waals surface area contributed by atoms with Gasteiger partial charge in [0.15, 0.2) is 0 Å². The molecule has 0 saturated carbocycles. The topological polar surface area (TPSA) is 47.0 Å². The van der Waals surface area contributed by atoms with Crippen molar-refractivity contribution in [2.24, 2.45) is 5.92 Å². The minimum atomic E-state index is 0.506. The predicted octanol–water partition coefficient (Wildman–Crippen LogP) is 2.53. The summed E-state index contributed by atoms with van der Waals surface area (Å²) in [5.74, 6) is 2.28. The second-order valence-corrected chi connectivity index (χ2v) is 4.67. The van der Waals surface area contributed by atoms with Gasteiger partial charge in [-0.1, -0.05) is 18.5 Å². The molecule has 4 nitrogen and oxygen atoms in total. The molecule has 94 valence electrons. The van der Waals surface area contributed by atoms with Gasteiger partial charge in [-0.3, -0.25) is 0 Å². The van der Waals surface area contributed by atoms with Gasteiger partial charge in [-0.25, -0.2) is 9.97 Å². The van der Waals surface area contributed by atoms with Crippen LogP contribution in [-0.4, -0.2) is 29.7 Å². The van der Waals surface area contributed by atoms with Crippen LogP contribution in [-0.2, 0) is 11.2 Å². The van der Waals surface area contributed by atoms with Crippen LogP contribution in [0.4, 0.5) is 5.82 Å². The van der Waals surface area contributed by atoms with Crippen LogP contribution >= 0.6 is 11.6 Å². The molecule has 17 heavy (non-hydrogen) atoms. The first-order valence-corrected chi connectivity index (χ1v) is 6.51. The molecular formula is C12H18ClN3O. The molecule has 1 N–H and O–H groups in total. The molecule has 1 aromatic heterocycles. The summed E-state index contributed by atoms with van der Waals surface area (Å²) in [4.78, 5) is 8.54. The summed E-state index contributed by atoms with van der Waals surface area (Å²) in [7, 11) is 0. The van der Waals surface area contributed by atoms with Gasteiger partial charge in [0.25, 0.3) is 0 Å². The lowest BCUT2D eigenvalue weighted by atomic mass is 10.0. The third-order valence-corrected chi connectivity index (χ3v) is 3.16. The van der Waals surface area contributed by atoms with Crippen LogP contribution in [0.15, 0.2) is 6.07 Å². The fourth-order valence-electron chi connectivity index (χ4n) is 1.91. The highest BCUT2D eigenvalue weighted by atomic mass is 35.5. The van der Waals surface area contributed by atoms with Gasteiger partial charge in [0.2, 0.25) is 0 Å². The average molecular weight is 256 g/mol. The molecule has 0 spiro atoms. The van der Waals surface area contributed by atoms with Gasteiger partial charge in [0.05, 0.1) is 0 Å². The van der Waals surface area contributed by atoms with Crippen LogP contribution in [0.3, 0.4) is 0 Å². The van der Waals surface area contributed by atoms with Gasteiger partial charge in [-0.2, -0.15) is 0 Å². The molecule has 1 saturated heterocycles. The number of ether oxygens (including phenoxy) is 1. The average Bonchev–Trinajstić information content (AvgIpc) is 2.37. The van der Waals surface area contributed by atoms with Gasteiger partial charge in [0.1, 0.15) is 16.8 Å². The first-order valence-electron chi connectivity index (χ1n) is 6.13. The van der Waals surface area contributed by atoms with E-state index in [0.717, 1.165) is 50.7 Å². The van der Waals surface area contributed by atoms with Crippen LogP contribution < -0.4 is 5.32 Å². The first kappa shape index (κ1) is 12.6. The van der Waals surface area contributed by atoms with Crippen LogP contribution in [0.5, 0.6) is 0 Å². The summed E-state index contributed by atoms with van der Waals surface area (Å²) in [6, 6.07) is 1.78. The highest BCUT2D eigenvalue weighted by molar-refractivity contribution is 6.29. The molecule has 1 aliphatic heterocycles. The Kier molecular flexibility index (Phi) is 4.57. The number of anilines is 1. The summed E-state index contributed by atoms with van der Waals surface area (Å²) in [5.41, 5.74) is 0. The maximum atomic E-state index is 5.94. The second kappa shape index (κ2) is 6.17. The van der Waals surface area contributed by atoms with Crippen molar-refractivity contribution in [3.8, 4) is 0 Å². The van der Waals surface area contributed by atoms with Crippen LogP contribution in [0.1, 0.15) is 25.6 Å². The summed E-state index contributed by atoms with van der Waals surface area (Å²) in [6.07, 6.45) is 3.03. The van der Waals surface area contributed by atoms with Crippen LogP contribution in [0.2, 0.25) is 5.15 Å². The fourth-order valence-corrected chi connectivity index (χ4v) is 2.11. The van der Waals surface area contributed by atoms with Crippen molar-refractivity contribution in [3.63, 3.8) is 0 Å². The van der Waals surface area contributed by atoms with Gasteiger partial charge in [0, 0.05) is 32.2 Å². The minimum absolute atomic E-state index is 0.506. The smallest absolute Gasteiger partial charge is 0.134 e. The number of aryl methyl sites for hydroxylation is 1. The van der Waals surface area contributed by atoms with E-state index in [2.05, 4.69) is 15.3 Å². The monoisotopic (exact) mass is 255 g/mol. The third kappa shape index (κ3) is 3.82. The van der Waals surface area contributed by atoms with Crippen molar-refractivity contribution < 1.29 is 4.74 Å². The third-order valence-electron chi connectivity index (χ3n) is 2.97. The van der Waals surface area contributed by atoms with E-state index >= 15 is 0 Å². The molecule has 2 heterocycles. The lowest BCUT2D eigenvalue weighted by molar-refractivity contribution is 0.0699. The van der Waals surface area contributed by atoms with Crippen molar-refractivity contribution in [2.75, 3.05) is 25.1 Å². The Labute approximate surface area is 107 Å². The predicted molar refractivity (Wildman–Crippen MR) is 68.5 cm³/mol. The fraction of sp³-hybridized carbons (Fsp3) is 0.667. The molecule has 1 aliphatic rings. The molecule has 0 aliphatic carbocycles. The maximum Gasteiger partial charge on any atom is 0.134 e. The van der Waals surface area contributed by atoms with Crippen molar-refractivity contribution >= 4 is 17.4 Å². The SMILES string of the molecule is CCc1nc(Cl)cc(NCC2CCOCC2)n1. The molecule has 1 aromatic rings. The van der Waals surface area contributed by atoms with Gasteiger partial charge in [-0.15, -0.1) is 0 Å². The molecular weight excluding hydrogens is 238 g/mol. The summed E-state index contributed by atoms with van der Waals surface area (Å²) < 4.78 is 5.33. The van der Waals surface area contributed by atoms with E-state index in [1.54, 1.807) is 6.07 Å². The number of nitrogens with zero attached hydrogens (tertiary/aromatic N) is 2.